The number of allylic oxidation sites excluding steroid dienone is 2. The highest BCUT2D eigenvalue weighted by atomic mass is 35.5. The molecule has 1 nitrogen and oxygen atoms in total. The maximum atomic E-state index is 10.4. The molecule has 0 bridgehead atoms. The molecule has 0 radical (unpaired) electrons. The summed E-state index contributed by atoms with van der Waals surface area (Å²) in [5.41, 5.74) is 5.58. The molecule has 0 spiro atoms. The zero-order valence-electron chi connectivity index (χ0n) is 13.1. The maximum Gasteiger partial charge on any atom is 0.0963 e. The van der Waals surface area contributed by atoms with Gasteiger partial charge in [0.1, 0.15) is 0 Å². The number of terminal acetylenes is 1. The van der Waals surface area contributed by atoms with E-state index in [1.165, 1.54) is 5.56 Å². The molecule has 1 aliphatic rings. The van der Waals surface area contributed by atoms with Crippen LogP contribution in [0.3, 0.4) is 0 Å². The third-order valence-corrected chi connectivity index (χ3v) is 4.72. The fourth-order valence-electron chi connectivity index (χ4n) is 3.22. The van der Waals surface area contributed by atoms with Crippen LogP contribution < -0.4 is 0 Å². The van der Waals surface area contributed by atoms with Crippen LogP contribution in [-0.2, 0) is 0 Å². The number of halogens is 1. The van der Waals surface area contributed by atoms with Gasteiger partial charge in [-0.2, -0.15) is 0 Å². The van der Waals surface area contributed by atoms with Crippen molar-refractivity contribution in [2.45, 2.75) is 26.2 Å². The second-order valence-corrected chi connectivity index (χ2v) is 6.58. The molecule has 0 aliphatic heterocycles. The van der Waals surface area contributed by atoms with E-state index >= 15 is 0 Å². The molecule has 1 N–H and O–H groups in total. The lowest BCUT2D eigenvalue weighted by molar-refractivity contribution is 0.378. The van der Waals surface area contributed by atoms with Crippen LogP contribution in [-0.4, -0.2) is 5.11 Å². The molecule has 2 aromatic rings. The summed E-state index contributed by atoms with van der Waals surface area (Å²) in [5, 5.41) is 11.1. The number of hydrogen-bond donors (Lipinski definition) is 1. The summed E-state index contributed by atoms with van der Waals surface area (Å²) >= 11 is 5.97. The van der Waals surface area contributed by atoms with Gasteiger partial charge in [0.15, 0.2) is 0 Å². The van der Waals surface area contributed by atoms with E-state index in [1.807, 2.05) is 24.3 Å². The standard InChI is InChI=1S/C21H19ClO/c1-3-4-15-11-20(21(23)12-15)19-13-17(6-5-14(19)2)16-7-9-18(22)10-8-16/h1,5-10,13,15,23H,4,11-12H2,2H3. The van der Waals surface area contributed by atoms with Crippen LogP contribution in [0.4, 0.5) is 0 Å². The van der Waals surface area contributed by atoms with Crippen LogP contribution in [0.1, 0.15) is 30.4 Å². The van der Waals surface area contributed by atoms with E-state index in [-0.39, 0.29) is 0 Å². The van der Waals surface area contributed by atoms with Crippen LogP contribution in [0, 0.1) is 25.2 Å². The van der Waals surface area contributed by atoms with E-state index < -0.39 is 0 Å². The highest BCUT2D eigenvalue weighted by Crippen LogP contribution is 2.40. The van der Waals surface area contributed by atoms with Crippen LogP contribution in [0.25, 0.3) is 16.7 Å². The fourth-order valence-corrected chi connectivity index (χ4v) is 3.35. The zero-order valence-corrected chi connectivity index (χ0v) is 13.9. The van der Waals surface area contributed by atoms with E-state index in [2.05, 4.69) is 31.0 Å². The van der Waals surface area contributed by atoms with Crippen molar-refractivity contribution < 1.29 is 5.11 Å². The van der Waals surface area contributed by atoms with Gasteiger partial charge in [0.05, 0.1) is 5.76 Å². The quantitative estimate of drug-likeness (QED) is 0.685. The van der Waals surface area contributed by atoms with Gasteiger partial charge in [-0.05, 0) is 65.3 Å². The Kier molecular flexibility index (Phi) is 4.46. The average molecular weight is 323 g/mol. The van der Waals surface area contributed by atoms with Crippen molar-refractivity contribution in [2.24, 2.45) is 5.92 Å². The molecule has 116 valence electrons. The van der Waals surface area contributed by atoms with Crippen LogP contribution in [0.15, 0.2) is 48.2 Å². The van der Waals surface area contributed by atoms with Gasteiger partial charge in [0.25, 0.3) is 0 Å². The number of hydrogen-bond acceptors (Lipinski definition) is 1. The summed E-state index contributed by atoms with van der Waals surface area (Å²) in [6, 6.07) is 14.2. The summed E-state index contributed by atoms with van der Waals surface area (Å²) in [4.78, 5) is 0. The van der Waals surface area contributed by atoms with Crippen molar-refractivity contribution in [3.63, 3.8) is 0 Å². The van der Waals surface area contributed by atoms with Crippen molar-refractivity contribution in [3.8, 4) is 23.5 Å². The fraction of sp³-hybridized carbons (Fsp3) is 0.238. The predicted octanol–water partition coefficient (Wildman–Crippen LogP) is 6.02. The lowest BCUT2D eigenvalue weighted by atomic mass is 9.93. The molecule has 1 atom stereocenters. The highest BCUT2D eigenvalue weighted by molar-refractivity contribution is 6.30. The minimum Gasteiger partial charge on any atom is -0.512 e. The molecular weight excluding hydrogens is 304 g/mol. The number of aliphatic hydroxyl groups is 1. The first-order valence-corrected chi connectivity index (χ1v) is 8.17. The molecule has 23 heavy (non-hydrogen) atoms. The molecule has 3 rings (SSSR count). The van der Waals surface area contributed by atoms with Crippen molar-refractivity contribution in [3.05, 3.63) is 64.4 Å². The van der Waals surface area contributed by atoms with Gasteiger partial charge in [-0.3, -0.25) is 0 Å². The largest absolute Gasteiger partial charge is 0.512 e. The minimum absolute atomic E-state index is 0.355. The molecule has 0 heterocycles. The maximum absolute atomic E-state index is 10.4. The van der Waals surface area contributed by atoms with Gasteiger partial charge in [-0.1, -0.05) is 35.9 Å². The van der Waals surface area contributed by atoms with Gasteiger partial charge >= 0.3 is 0 Å². The van der Waals surface area contributed by atoms with Gasteiger partial charge in [-0.25, -0.2) is 0 Å². The molecule has 1 aliphatic carbocycles. The lowest BCUT2D eigenvalue weighted by Gasteiger charge is -2.12. The summed E-state index contributed by atoms with van der Waals surface area (Å²) in [6.45, 7) is 2.08. The van der Waals surface area contributed by atoms with E-state index in [4.69, 9.17) is 18.0 Å². The Morgan fingerprint density at radius 2 is 1.83 bits per heavy atom. The Bertz CT molecular complexity index is 794. The number of rotatable bonds is 3. The Morgan fingerprint density at radius 3 is 2.52 bits per heavy atom. The molecule has 0 amide bonds. The van der Waals surface area contributed by atoms with E-state index in [0.29, 0.717) is 24.5 Å². The summed E-state index contributed by atoms with van der Waals surface area (Å²) in [5.74, 6) is 3.55. The Labute approximate surface area is 142 Å². The number of aliphatic hydroxyl groups excluding tert-OH is 1. The second kappa shape index (κ2) is 6.52. The molecule has 0 saturated heterocycles. The first-order chi connectivity index (χ1) is 11.1. The smallest absolute Gasteiger partial charge is 0.0963 e. The van der Waals surface area contributed by atoms with E-state index in [9.17, 15) is 5.11 Å². The van der Waals surface area contributed by atoms with Gasteiger partial charge in [-0.15, -0.1) is 12.3 Å². The molecule has 2 aromatic carbocycles. The molecule has 0 saturated carbocycles. The topological polar surface area (TPSA) is 20.2 Å². The summed E-state index contributed by atoms with van der Waals surface area (Å²) < 4.78 is 0. The van der Waals surface area contributed by atoms with Gasteiger partial charge in [0, 0.05) is 17.9 Å². The number of aryl methyl sites for hydroxylation is 1. The second-order valence-electron chi connectivity index (χ2n) is 6.14. The zero-order chi connectivity index (χ0) is 16.4. The normalized spacial score (nSPS) is 17.3. The van der Waals surface area contributed by atoms with E-state index in [0.717, 1.165) is 33.7 Å². The van der Waals surface area contributed by atoms with Crippen LogP contribution in [0.5, 0.6) is 0 Å². The van der Waals surface area contributed by atoms with Crippen molar-refractivity contribution in [1.82, 2.24) is 0 Å². The molecule has 1 unspecified atom stereocenters. The first-order valence-electron chi connectivity index (χ1n) is 7.80. The number of benzene rings is 2. The van der Waals surface area contributed by atoms with E-state index in [1.54, 1.807) is 0 Å². The van der Waals surface area contributed by atoms with Crippen molar-refractivity contribution >= 4 is 17.2 Å². The Balaban J connectivity index is 1.97. The van der Waals surface area contributed by atoms with Gasteiger partial charge in [0.2, 0.25) is 0 Å². The summed E-state index contributed by atoms with van der Waals surface area (Å²) in [7, 11) is 0. The monoisotopic (exact) mass is 322 g/mol. The Hall–Kier alpha value is -2.17. The van der Waals surface area contributed by atoms with Crippen molar-refractivity contribution in [2.75, 3.05) is 0 Å². The third kappa shape index (κ3) is 3.28. The minimum atomic E-state index is 0.355. The Morgan fingerprint density at radius 1 is 1.13 bits per heavy atom. The lowest BCUT2D eigenvalue weighted by Crippen LogP contribution is -1.94. The van der Waals surface area contributed by atoms with Gasteiger partial charge < -0.3 is 5.11 Å². The molecule has 2 heteroatoms. The first kappa shape index (κ1) is 15.7. The van der Waals surface area contributed by atoms with Crippen LogP contribution >= 0.6 is 11.6 Å². The molecule has 0 fully saturated rings. The summed E-state index contributed by atoms with van der Waals surface area (Å²) in [6.07, 6.45) is 7.66. The third-order valence-electron chi connectivity index (χ3n) is 4.47. The SMILES string of the molecule is C#CCC1CC(O)=C(c2cc(-c3ccc(Cl)cc3)ccc2C)C1. The van der Waals surface area contributed by atoms with Crippen LogP contribution in [0.2, 0.25) is 5.02 Å². The molecular formula is C21H19ClO. The molecule has 0 aromatic heterocycles. The average Bonchev–Trinajstić information content (AvgIpc) is 2.90. The highest BCUT2D eigenvalue weighted by Gasteiger charge is 2.25. The van der Waals surface area contributed by atoms with Crippen molar-refractivity contribution in [1.29, 1.82) is 0 Å². The predicted molar refractivity (Wildman–Crippen MR) is 97.3 cm³/mol.